The molecule has 2 heterocycles. The predicted molar refractivity (Wildman–Crippen MR) is 109 cm³/mol. The summed E-state index contributed by atoms with van der Waals surface area (Å²) in [6.07, 6.45) is 3.16. The number of benzene rings is 1. The van der Waals surface area contributed by atoms with Crippen LogP contribution in [0.15, 0.2) is 23.6 Å². The zero-order valence-electron chi connectivity index (χ0n) is 16.7. The van der Waals surface area contributed by atoms with Crippen molar-refractivity contribution < 1.29 is 19.1 Å². The van der Waals surface area contributed by atoms with Crippen molar-refractivity contribution in [1.29, 1.82) is 0 Å². The lowest BCUT2D eigenvalue weighted by atomic mass is 9.93. The van der Waals surface area contributed by atoms with E-state index >= 15 is 0 Å². The summed E-state index contributed by atoms with van der Waals surface area (Å²) in [5, 5.41) is 8.49. The van der Waals surface area contributed by atoms with Gasteiger partial charge in [0.05, 0.1) is 14.2 Å². The van der Waals surface area contributed by atoms with E-state index < -0.39 is 0 Å². The average molecular weight is 419 g/mol. The van der Waals surface area contributed by atoms with Gasteiger partial charge in [-0.3, -0.25) is 9.59 Å². The first-order valence-electron chi connectivity index (χ1n) is 9.64. The number of nitrogens with zero attached hydrogens (tertiary/aromatic N) is 3. The van der Waals surface area contributed by atoms with E-state index in [9.17, 15) is 9.59 Å². The van der Waals surface area contributed by atoms with Crippen molar-refractivity contribution in [3.8, 4) is 11.5 Å². The second kappa shape index (κ2) is 10.2. The fourth-order valence-corrected chi connectivity index (χ4v) is 3.95. The molecule has 1 atom stereocenters. The number of carbonyl (C=O) groups excluding carboxylic acids is 2. The molecule has 8 nitrogen and oxygen atoms in total. The zero-order valence-corrected chi connectivity index (χ0v) is 17.5. The smallest absolute Gasteiger partial charge is 0.275 e. The largest absolute Gasteiger partial charge is 0.497 e. The number of hydrogen-bond donors (Lipinski definition) is 1. The predicted octanol–water partition coefficient (Wildman–Crippen LogP) is 2.50. The van der Waals surface area contributed by atoms with Crippen LogP contribution in [0.5, 0.6) is 11.5 Å². The van der Waals surface area contributed by atoms with Gasteiger partial charge in [0.25, 0.3) is 5.91 Å². The van der Waals surface area contributed by atoms with Crippen LogP contribution in [0.1, 0.15) is 41.7 Å². The number of ether oxygens (including phenoxy) is 2. The van der Waals surface area contributed by atoms with Crippen LogP contribution >= 0.6 is 11.5 Å². The van der Waals surface area contributed by atoms with Crippen LogP contribution in [-0.2, 0) is 11.3 Å². The molecule has 2 amide bonds. The second-order valence-electron chi connectivity index (χ2n) is 7.04. The first-order valence-corrected chi connectivity index (χ1v) is 10.5. The van der Waals surface area contributed by atoms with Crippen LogP contribution in [0.2, 0.25) is 0 Å². The quantitative estimate of drug-likeness (QED) is 0.708. The maximum Gasteiger partial charge on any atom is 0.275 e. The Morgan fingerprint density at radius 3 is 2.90 bits per heavy atom. The molecule has 1 aromatic heterocycles. The molecule has 0 saturated carbocycles. The van der Waals surface area contributed by atoms with Crippen LogP contribution in [0.3, 0.4) is 0 Å². The third-order valence-corrected chi connectivity index (χ3v) is 5.64. The van der Waals surface area contributed by atoms with E-state index in [4.69, 9.17) is 9.47 Å². The van der Waals surface area contributed by atoms with E-state index in [0.717, 1.165) is 31.4 Å². The molecule has 156 valence electrons. The third kappa shape index (κ3) is 5.66. The number of aromatic nitrogens is 2. The Kier molecular flexibility index (Phi) is 7.40. The molecule has 1 aliphatic heterocycles. The lowest BCUT2D eigenvalue weighted by molar-refractivity contribution is -0.121. The highest BCUT2D eigenvalue weighted by atomic mass is 32.1. The molecule has 29 heavy (non-hydrogen) atoms. The van der Waals surface area contributed by atoms with E-state index in [0.29, 0.717) is 42.6 Å². The van der Waals surface area contributed by atoms with Gasteiger partial charge in [-0.1, -0.05) is 4.49 Å². The van der Waals surface area contributed by atoms with E-state index in [1.54, 1.807) is 25.7 Å². The van der Waals surface area contributed by atoms with E-state index in [2.05, 4.69) is 14.9 Å². The highest BCUT2D eigenvalue weighted by Gasteiger charge is 2.26. The summed E-state index contributed by atoms with van der Waals surface area (Å²) < 4.78 is 14.3. The molecule has 1 aromatic carbocycles. The van der Waals surface area contributed by atoms with Crippen molar-refractivity contribution in [2.24, 2.45) is 5.92 Å². The Balaban J connectivity index is 1.45. The van der Waals surface area contributed by atoms with Gasteiger partial charge in [-0.05, 0) is 48.8 Å². The Bertz CT molecular complexity index is 828. The van der Waals surface area contributed by atoms with E-state index in [1.165, 1.54) is 11.5 Å². The molecular weight excluding hydrogens is 392 g/mol. The van der Waals surface area contributed by atoms with E-state index in [1.807, 2.05) is 17.0 Å². The molecule has 0 radical (unpaired) electrons. The maximum absolute atomic E-state index is 12.4. The molecule has 3 rings (SSSR count). The Morgan fingerprint density at radius 1 is 1.31 bits per heavy atom. The molecule has 1 aliphatic rings. The third-order valence-electron chi connectivity index (χ3n) is 5.14. The minimum absolute atomic E-state index is 0.00461. The molecule has 2 aromatic rings. The number of carbonyl (C=O) groups is 2. The highest BCUT2D eigenvalue weighted by Crippen LogP contribution is 2.25. The van der Waals surface area contributed by atoms with Crippen molar-refractivity contribution in [2.75, 3.05) is 27.3 Å². The lowest BCUT2D eigenvalue weighted by Crippen LogP contribution is -2.40. The maximum atomic E-state index is 12.4. The molecule has 1 saturated heterocycles. The topological polar surface area (TPSA) is 93.7 Å². The molecule has 0 bridgehead atoms. The van der Waals surface area contributed by atoms with Crippen molar-refractivity contribution in [2.45, 2.75) is 32.2 Å². The van der Waals surface area contributed by atoms with Gasteiger partial charge in [-0.2, -0.15) is 0 Å². The fraction of sp³-hybridized carbons (Fsp3) is 0.500. The van der Waals surface area contributed by atoms with Crippen LogP contribution in [0.25, 0.3) is 0 Å². The van der Waals surface area contributed by atoms with Gasteiger partial charge in [0, 0.05) is 43.1 Å². The van der Waals surface area contributed by atoms with Crippen LogP contribution in [0, 0.1) is 5.92 Å². The van der Waals surface area contributed by atoms with Crippen LogP contribution in [-0.4, -0.2) is 53.6 Å². The summed E-state index contributed by atoms with van der Waals surface area (Å²) in [7, 11) is 3.20. The lowest BCUT2D eigenvalue weighted by Gasteiger charge is -2.32. The number of likely N-dealkylation sites (tertiary alicyclic amines) is 1. The number of amides is 2. The summed E-state index contributed by atoms with van der Waals surface area (Å²) in [4.78, 5) is 26.6. The number of piperidine rings is 1. The second-order valence-corrected chi connectivity index (χ2v) is 7.65. The van der Waals surface area contributed by atoms with Gasteiger partial charge in [-0.15, -0.1) is 5.10 Å². The summed E-state index contributed by atoms with van der Waals surface area (Å²) in [5.74, 6) is 1.64. The van der Waals surface area contributed by atoms with E-state index in [-0.39, 0.29) is 11.8 Å². The molecule has 0 aliphatic carbocycles. The van der Waals surface area contributed by atoms with Crippen molar-refractivity contribution in [3.63, 3.8) is 0 Å². The summed E-state index contributed by atoms with van der Waals surface area (Å²) >= 11 is 1.18. The molecule has 1 fully saturated rings. The van der Waals surface area contributed by atoms with Gasteiger partial charge in [0.2, 0.25) is 5.91 Å². The summed E-state index contributed by atoms with van der Waals surface area (Å²) in [6, 6.07) is 5.53. The number of hydrogen-bond acceptors (Lipinski definition) is 7. The molecular formula is C20H26N4O4S. The highest BCUT2D eigenvalue weighted by molar-refractivity contribution is 7.03. The van der Waals surface area contributed by atoms with Gasteiger partial charge >= 0.3 is 0 Å². The average Bonchev–Trinajstić information content (AvgIpc) is 3.30. The number of rotatable bonds is 8. The van der Waals surface area contributed by atoms with Crippen LogP contribution < -0.4 is 14.8 Å². The molecule has 0 unspecified atom stereocenters. The molecule has 1 N–H and O–H groups in total. The Labute approximate surface area is 174 Å². The first-order chi connectivity index (χ1) is 14.1. The van der Waals surface area contributed by atoms with Gasteiger partial charge < -0.3 is 19.7 Å². The Morgan fingerprint density at radius 2 is 2.17 bits per heavy atom. The van der Waals surface area contributed by atoms with Gasteiger partial charge in [0.1, 0.15) is 11.5 Å². The number of nitrogens with one attached hydrogen (secondary N) is 1. The summed E-state index contributed by atoms with van der Waals surface area (Å²) in [5.41, 5.74) is 1.30. The van der Waals surface area contributed by atoms with Crippen molar-refractivity contribution >= 4 is 23.3 Å². The first kappa shape index (κ1) is 21.0. The van der Waals surface area contributed by atoms with Gasteiger partial charge in [0.15, 0.2) is 5.69 Å². The zero-order chi connectivity index (χ0) is 20.6. The monoisotopic (exact) mass is 418 g/mol. The SMILES string of the molecule is COc1ccc(CNC(=O)CC[C@@H]2CCCN(C(=O)c3csnn3)C2)c(OC)c1. The minimum Gasteiger partial charge on any atom is -0.497 e. The summed E-state index contributed by atoms with van der Waals surface area (Å²) in [6.45, 7) is 1.80. The van der Waals surface area contributed by atoms with Crippen molar-refractivity contribution in [1.82, 2.24) is 19.8 Å². The fourth-order valence-electron chi connectivity index (χ4n) is 3.52. The van der Waals surface area contributed by atoms with Gasteiger partial charge in [-0.25, -0.2) is 0 Å². The molecule has 9 heteroatoms. The van der Waals surface area contributed by atoms with Crippen LogP contribution in [0.4, 0.5) is 0 Å². The Hall–Kier alpha value is -2.68. The standard InChI is InChI=1S/C20H26N4O4S/c1-27-16-7-6-15(18(10-16)28-2)11-21-19(25)8-5-14-4-3-9-24(12-14)20(26)17-13-29-23-22-17/h6-7,10,13-14H,3-5,8-9,11-12H2,1-2H3,(H,21,25)/t14-/m0/s1. The van der Waals surface area contributed by atoms with Crippen molar-refractivity contribution in [3.05, 3.63) is 34.8 Å². The minimum atomic E-state index is -0.0699. The molecule has 0 spiro atoms. The number of methoxy groups -OCH3 is 2. The normalized spacial score (nSPS) is 16.3.